The zero-order valence-electron chi connectivity index (χ0n) is 15.0. The maximum Gasteiger partial charge on any atom is 0.0722 e. The molecule has 25 heavy (non-hydrogen) atoms. The van der Waals surface area contributed by atoms with E-state index in [4.69, 9.17) is 23.2 Å². The van der Waals surface area contributed by atoms with Crippen LogP contribution in [-0.2, 0) is 0 Å². The zero-order valence-corrected chi connectivity index (χ0v) is 17.5. The minimum Gasteiger partial charge on any atom is -0.0837 e. The van der Waals surface area contributed by atoms with E-state index in [0.29, 0.717) is 11.1 Å². The highest BCUT2D eigenvalue weighted by Gasteiger charge is 2.47. The van der Waals surface area contributed by atoms with Gasteiger partial charge in [-0.05, 0) is 48.2 Å². The van der Waals surface area contributed by atoms with E-state index in [0.717, 1.165) is 10.0 Å². The Morgan fingerprint density at radius 1 is 0.720 bits per heavy atom. The van der Waals surface area contributed by atoms with Gasteiger partial charge >= 0.3 is 0 Å². The Morgan fingerprint density at radius 2 is 1.12 bits per heavy atom. The Morgan fingerprint density at radius 3 is 1.52 bits per heavy atom. The highest BCUT2D eigenvalue weighted by molar-refractivity contribution is 6.81. The summed E-state index contributed by atoms with van der Waals surface area (Å²) >= 11 is 13.0. The molecule has 0 aliphatic heterocycles. The molecule has 0 saturated heterocycles. The molecule has 0 heterocycles. The molecule has 0 radical (unpaired) electrons. The molecule has 0 saturated carbocycles. The molecule has 3 heteroatoms. The summed E-state index contributed by atoms with van der Waals surface area (Å²) in [5.74, 6) is 0. The topological polar surface area (TPSA) is 0 Å². The molecular formula is C22H22Cl2Si. The lowest BCUT2D eigenvalue weighted by Crippen LogP contribution is -2.42. The van der Waals surface area contributed by atoms with Crippen molar-refractivity contribution in [3.05, 3.63) is 79.8 Å². The molecule has 0 spiro atoms. The second-order valence-corrected chi connectivity index (χ2v) is 13.6. The van der Waals surface area contributed by atoms with Gasteiger partial charge < -0.3 is 0 Å². The van der Waals surface area contributed by atoms with Gasteiger partial charge in [0.05, 0.1) is 8.07 Å². The summed E-state index contributed by atoms with van der Waals surface area (Å²) in [6.07, 6.45) is 4.59. The summed E-state index contributed by atoms with van der Waals surface area (Å²) in [6.45, 7) is 9.57. The van der Waals surface area contributed by atoms with Crippen LogP contribution in [0.25, 0.3) is 12.2 Å². The van der Waals surface area contributed by atoms with Crippen molar-refractivity contribution in [3.8, 4) is 0 Å². The van der Waals surface area contributed by atoms with Gasteiger partial charge in [-0.25, -0.2) is 0 Å². The van der Waals surface area contributed by atoms with Crippen LogP contribution in [0.3, 0.4) is 0 Å². The van der Waals surface area contributed by atoms with E-state index in [1.807, 2.05) is 12.1 Å². The maximum absolute atomic E-state index is 6.48. The molecule has 0 bridgehead atoms. The minimum atomic E-state index is -1.77. The van der Waals surface area contributed by atoms with Crippen molar-refractivity contribution in [2.75, 3.05) is 0 Å². The van der Waals surface area contributed by atoms with Crippen LogP contribution in [0.4, 0.5) is 0 Å². The highest BCUT2D eigenvalue weighted by Crippen LogP contribution is 2.53. The number of rotatable bonds is 2. The molecule has 2 atom stereocenters. The predicted octanol–water partition coefficient (Wildman–Crippen LogP) is 7.48. The Kier molecular flexibility index (Phi) is 4.03. The van der Waals surface area contributed by atoms with Crippen molar-refractivity contribution in [2.24, 2.45) is 0 Å². The van der Waals surface area contributed by atoms with Crippen LogP contribution < -0.4 is 0 Å². The van der Waals surface area contributed by atoms with Crippen LogP contribution in [0.2, 0.25) is 23.1 Å². The summed E-state index contributed by atoms with van der Waals surface area (Å²) in [5.41, 5.74) is 9.12. The number of hydrogen-bond acceptors (Lipinski definition) is 0. The van der Waals surface area contributed by atoms with Gasteiger partial charge in [-0.15, -0.1) is 0 Å². The van der Waals surface area contributed by atoms with Gasteiger partial charge in [0.1, 0.15) is 0 Å². The van der Waals surface area contributed by atoms with E-state index in [2.05, 4.69) is 63.4 Å². The van der Waals surface area contributed by atoms with Crippen LogP contribution in [0.1, 0.15) is 47.2 Å². The summed E-state index contributed by atoms with van der Waals surface area (Å²) in [5, 5.41) is 1.73. The normalized spacial score (nSPS) is 21.7. The molecule has 2 aliphatic rings. The van der Waals surface area contributed by atoms with E-state index >= 15 is 0 Å². The van der Waals surface area contributed by atoms with Crippen LogP contribution in [0.5, 0.6) is 0 Å². The first-order valence-corrected chi connectivity index (χ1v) is 12.7. The fraction of sp³-hybridized carbons (Fsp3) is 0.273. The Hall–Kier alpha value is -1.28. The minimum absolute atomic E-state index is 0.486. The number of hydrogen-bond donors (Lipinski definition) is 0. The molecule has 128 valence electrons. The second kappa shape index (κ2) is 5.87. The molecule has 2 aromatic carbocycles. The van der Waals surface area contributed by atoms with Crippen LogP contribution in [0, 0.1) is 0 Å². The fourth-order valence-electron chi connectivity index (χ4n) is 5.17. The zero-order chi connectivity index (χ0) is 17.9. The van der Waals surface area contributed by atoms with Gasteiger partial charge in [-0.3, -0.25) is 0 Å². The molecule has 2 unspecified atom stereocenters. The SMILES string of the molecule is CC1=Cc2c(Cl)cccc2C1[Si](C)(C)C1C(C)=Cc2c(Cl)cccc21. The lowest BCUT2D eigenvalue weighted by molar-refractivity contribution is 0.968. The number of fused-ring (bicyclic) bond motifs is 2. The summed E-state index contributed by atoms with van der Waals surface area (Å²) in [7, 11) is -1.77. The smallest absolute Gasteiger partial charge is 0.0722 e. The third-order valence-electron chi connectivity index (χ3n) is 5.94. The average molecular weight is 385 g/mol. The van der Waals surface area contributed by atoms with Gasteiger partial charge in [0.25, 0.3) is 0 Å². The standard InChI is InChI=1S/C22H22Cl2Si/c1-13-11-17-15(7-5-9-19(17)23)21(13)25(3,4)22-14(2)12-18-16(22)8-6-10-20(18)24/h5-12,21-22H,1-4H3. The molecule has 0 fully saturated rings. The second-order valence-electron chi connectivity index (χ2n) is 7.95. The van der Waals surface area contributed by atoms with E-state index in [1.54, 1.807) is 0 Å². The molecule has 0 nitrogen and oxygen atoms in total. The van der Waals surface area contributed by atoms with Gasteiger partial charge in [-0.1, -0.05) is 83.9 Å². The van der Waals surface area contributed by atoms with Crippen LogP contribution in [-0.4, -0.2) is 8.07 Å². The first kappa shape index (κ1) is 17.1. The Labute approximate surface area is 161 Å². The summed E-state index contributed by atoms with van der Waals surface area (Å²) < 4.78 is 0. The van der Waals surface area contributed by atoms with Crippen molar-refractivity contribution in [2.45, 2.75) is 38.0 Å². The molecule has 0 amide bonds. The number of allylic oxidation sites excluding steroid dienone is 2. The third kappa shape index (κ3) is 2.48. The molecule has 0 N–H and O–H groups in total. The molecule has 4 rings (SSSR count). The van der Waals surface area contributed by atoms with Crippen LogP contribution >= 0.6 is 23.2 Å². The first-order valence-electron chi connectivity index (χ1n) is 8.75. The Balaban J connectivity index is 1.86. The molecule has 2 aliphatic carbocycles. The van der Waals surface area contributed by atoms with Crippen molar-refractivity contribution in [3.63, 3.8) is 0 Å². The summed E-state index contributed by atoms with van der Waals surface area (Å²) in [6, 6.07) is 12.7. The third-order valence-corrected chi connectivity index (χ3v) is 11.1. The maximum atomic E-state index is 6.48. The van der Waals surface area contributed by atoms with E-state index in [9.17, 15) is 0 Å². The highest BCUT2D eigenvalue weighted by atomic mass is 35.5. The van der Waals surface area contributed by atoms with E-state index < -0.39 is 8.07 Å². The molecule has 0 aromatic heterocycles. The molecular weight excluding hydrogens is 363 g/mol. The lowest BCUT2D eigenvalue weighted by atomic mass is 10.1. The van der Waals surface area contributed by atoms with E-state index in [1.165, 1.54) is 33.4 Å². The van der Waals surface area contributed by atoms with Gasteiger partial charge in [-0.2, -0.15) is 0 Å². The van der Waals surface area contributed by atoms with Crippen molar-refractivity contribution in [1.29, 1.82) is 0 Å². The lowest BCUT2D eigenvalue weighted by Gasteiger charge is -2.39. The number of halogens is 2. The van der Waals surface area contributed by atoms with Gasteiger partial charge in [0.15, 0.2) is 0 Å². The quantitative estimate of drug-likeness (QED) is 0.470. The van der Waals surface area contributed by atoms with Crippen molar-refractivity contribution in [1.82, 2.24) is 0 Å². The predicted molar refractivity (Wildman–Crippen MR) is 113 cm³/mol. The number of benzene rings is 2. The largest absolute Gasteiger partial charge is 0.0837 e. The van der Waals surface area contributed by atoms with Crippen LogP contribution in [0.15, 0.2) is 47.5 Å². The fourth-order valence-corrected chi connectivity index (χ4v) is 10.6. The monoisotopic (exact) mass is 384 g/mol. The molecule has 2 aromatic rings. The van der Waals surface area contributed by atoms with Gasteiger partial charge in [0, 0.05) is 21.1 Å². The first-order chi connectivity index (χ1) is 11.8. The Bertz CT molecular complexity index is 862. The van der Waals surface area contributed by atoms with Crippen molar-refractivity contribution < 1.29 is 0 Å². The average Bonchev–Trinajstić information content (AvgIpc) is 3.06. The van der Waals surface area contributed by atoms with Gasteiger partial charge in [0.2, 0.25) is 0 Å². The van der Waals surface area contributed by atoms with E-state index in [-0.39, 0.29) is 0 Å². The summed E-state index contributed by atoms with van der Waals surface area (Å²) in [4.78, 5) is 0. The van der Waals surface area contributed by atoms with Crippen molar-refractivity contribution >= 4 is 43.4 Å².